The zero-order valence-corrected chi connectivity index (χ0v) is 8.13. The van der Waals surface area contributed by atoms with Crippen molar-refractivity contribution >= 4 is 0 Å². The van der Waals surface area contributed by atoms with Gasteiger partial charge in [0.05, 0.1) is 13.2 Å². The van der Waals surface area contributed by atoms with Crippen LogP contribution in [-0.2, 0) is 4.74 Å². The normalized spacial score (nSPS) is 15.7. The third-order valence-corrected chi connectivity index (χ3v) is 1.62. The predicted octanol–water partition coefficient (Wildman–Crippen LogP) is 1.43. The van der Waals surface area contributed by atoms with Crippen molar-refractivity contribution in [3.8, 4) is 12.3 Å². The number of ether oxygens (including phenoxy) is 1. The summed E-state index contributed by atoms with van der Waals surface area (Å²) in [5.41, 5.74) is -0.517. The molecule has 0 radical (unpaired) electrons. The molecule has 0 aliphatic carbocycles. The second-order valence-electron chi connectivity index (χ2n) is 3.55. The molecule has 1 N–H and O–H groups in total. The second-order valence-corrected chi connectivity index (χ2v) is 3.55. The second kappa shape index (κ2) is 5.18. The first kappa shape index (κ1) is 11.5. The lowest BCUT2D eigenvalue weighted by Crippen LogP contribution is -2.29. The molecule has 0 aromatic heterocycles. The number of hydrogen-bond acceptors (Lipinski definition) is 2. The zero-order chi connectivity index (χ0) is 9.61. The average molecular weight is 170 g/mol. The monoisotopic (exact) mass is 170 g/mol. The SMILES string of the molecule is C#CC(C)(CC(C)C)OCCO. The Kier molecular flexibility index (Phi) is 4.96. The van der Waals surface area contributed by atoms with E-state index in [-0.39, 0.29) is 6.61 Å². The highest BCUT2D eigenvalue weighted by molar-refractivity contribution is 5.06. The van der Waals surface area contributed by atoms with Crippen LogP contribution in [0.1, 0.15) is 27.2 Å². The van der Waals surface area contributed by atoms with Crippen LogP contribution in [0, 0.1) is 18.3 Å². The Balaban J connectivity index is 3.98. The van der Waals surface area contributed by atoms with Crippen LogP contribution in [0.25, 0.3) is 0 Å². The van der Waals surface area contributed by atoms with Crippen molar-refractivity contribution in [2.45, 2.75) is 32.8 Å². The molecule has 0 saturated heterocycles. The summed E-state index contributed by atoms with van der Waals surface area (Å²) < 4.78 is 5.35. The molecule has 0 saturated carbocycles. The molecule has 0 aromatic rings. The highest BCUT2D eigenvalue weighted by atomic mass is 16.5. The third kappa shape index (κ3) is 4.38. The average Bonchev–Trinajstić information content (AvgIpc) is 2.00. The Morgan fingerprint density at radius 1 is 1.58 bits per heavy atom. The molecule has 12 heavy (non-hydrogen) atoms. The number of rotatable bonds is 5. The Morgan fingerprint density at radius 3 is 2.50 bits per heavy atom. The number of terminal acetylenes is 1. The van der Waals surface area contributed by atoms with Gasteiger partial charge in [0.1, 0.15) is 5.60 Å². The van der Waals surface area contributed by atoms with E-state index in [1.54, 1.807) is 0 Å². The summed E-state index contributed by atoms with van der Waals surface area (Å²) in [4.78, 5) is 0. The Labute approximate surface area is 74.9 Å². The summed E-state index contributed by atoms with van der Waals surface area (Å²) in [5, 5.41) is 8.57. The van der Waals surface area contributed by atoms with Gasteiger partial charge in [0.2, 0.25) is 0 Å². The van der Waals surface area contributed by atoms with Gasteiger partial charge >= 0.3 is 0 Å². The Morgan fingerprint density at radius 2 is 2.17 bits per heavy atom. The topological polar surface area (TPSA) is 29.5 Å². The van der Waals surface area contributed by atoms with E-state index in [0.717, 1.165) is 6.42 Å². The van der Waals surface area contributed by atoms with E-state index in [1.165, 1.54) is 0 Å². The maximum Gasteiger partial charge on any atom is 0.125 e. The minimum Gasteiger partial charge on any atom is -0.394 e. The number of aliphatic hydroxyl groups excluding tert-OH is 1. The standard InChI is InChI=1S/C10H18O2/c1-5-10(4,8-9(2)3)12-7-6-11/h1,9,11H,6-8H2,2-4H3. The molecule has 0 aliphatic heterocycles. The van der Waals surface area contributed by atoms with Crippen LogP contribution in [0.2, 0.25) is 0 Å². The van der Waals surface area contributed by atoms with Crippen molar-refractivity contribution in [3.63, 3.8) is 0 Å². The molecule has 0 aromatic carbocycles. The molecule has 1 unspecified atom stereocenters. The van der Waals surface area contributed by atoms with Gasteiger partial charge in [-0.1, -0.05) is 19.8 Å². The van der Waals surface area contributed by atoms with Gasteiger partial charge in [-0.15, -0.1) is 6.42 Å². The van der Waals surface area contributed by atoms with Gasteiger partial charge in [0.15, 0.2) is 0 Å². The summed E-state index contributed by atoms with van der Waals surface area (Å²) >= 11 is 0. The fraction of sp³-hybridized carbons (Fsp3) is 0.800. The zero-order valence-electron chi connectivity index (χ0n) is 8.13. The van der Waals surface area contributed by atoms with Crippen molar-refractivity contribution in [1.29, 1.82) is 0 Å². The molecule has 0 rings (SSSR count). The maximum absolute atomic E-state index is 8.57. The quantitative estimate of drug-likeness (QED) is 0.632. The van der Waals surface area contributed by atoms with Crippen molar-refractivity contribution in [3.05, 3.63) is 0 Å². The van der Waals surface area contributed by atoms with Gasteiger partial charge in [-0.2, -0.15) is 0 Å². The predicted molar refractivity (Wildman–Crippen MR) is 49.7 cm³/mol. The van der Waals surface area contributed by atoms with Crippen LogP contribution in [0.15, 0.2) is 0 Å². The molecule has 0 amide bonds. The summed E-state index contributed by atoms with van der Waals surface area (Å²) in [6.07, 6.45) is 6.16. The van der Waals surface area contributed by atoms with Gasteiger partial charge < -0.3 is 9.84 Å². The molecule has 70 valence electrons. The molecule has 2 heteroatoms. The van der Waals surface area contributed by atoms with Gasteiger partial charge in [-0.3, -0.25) is 0 Å². The molecular weight excluding hydrogens is 152 g/mol. The van der Waals surface area contributed by atoms with Gasteiger partial charge in [-0.05, 0) is 19.3 Å². The van der Waals surface area contributed by atoms with Crippen molar-refractivity contribution in [2.24, 2.45) is 5.92 Å². The lowest BCUT2D eigenvalue weighted by molar-refractivity contribution is -0.0179. The van der Waals surface area contributed by atoms with E-state index in [0.29, 0.717) is 12.5 Å². The van der Waals surface area contributed by atoms with Crippen LogP contribution in [-0.4, -0.2) is 23.9 Å². The van der Waals surface area contributed by atoms with Crippen LogP contribution in [0.3, 0.4) is 0 Å². The summed E-state index contributed by atoms with van der Waals surface area (Å²) in [6.45, 7) is 6.40. The first-order valence-electron chi connectivity index (χ1n) is 4.26. The molecule has 1 atom stereocenters. The molecule has 0 aliphatic rings. The lowest BCUT2D eigenvalue weighted by Gasteiger charge is -2.25. The molecule has 2 nitrogen and oxygen atoms in total. The highest BCUT2D eigenvalue weighted by Crippen LogP contribution is 2.19. The molecule has 0 heterocycles. The van der Waals surface area contributed by atoms with Gasteiger partial charge in [0.25, 0.3) is 0 Å². The van der Waals surface area contributed by atoms with Crippen molar-refractivity contribution in [1.82, 2.24) is 0 Å². The van der Waals surface area contributed by atoms with Crippen LogP contribution >= 0.6 is 0 Å². The van der Waals surface area contributed by atoms with E-state index >= 15 is 0 Å². The van der Waals surface area contributed by atoms with Crippen LogP contribution < -0.4 is 0 Å². The highest BCUT2D eigenvalue weighted by Gasteiger charge is 2.22. The minimum absolute atomic E-state index is 0.0232. The van der Waals surface area contributed by atoms with Crippen molar-refractivity contribution < 1.29 is 9.84 Å². The van der Waals surface area contributed by atoms with Gasteiger partial charge in [0, 0.05) is 0 Å². The first-order valence-corrected chi connectivity index (χ1v) is 4.26. The largest absolute Gasteiger partial charge is 0.394 e. The molecular formula is C10H18O2. The smallest absolute Gasteiger partial charge is 0.125 e. The lowest BCUT2D eigenvalue weighted by atomic mass is 9.95. The van der Waals surface area contributed by atoms with Crippen molar-refractivity contribution in [2.75, 3.05) is 13.2 Å². The summed E-state index contributed by atoms with van der Waals surface area (Å²) in [7, 11) is 0. The first-order chi connectivity index (χ1) is 5.54. The molecule has 0 bridgehead atoms. The van der Waals surface area contributed by atoms with E-state index in [1.807, 2.05) is 6.92 Å². The summed E-state index contributed by atoms with van der Waals surface area (Å²) in [5.74, 6) is 3.12. The Bertz CT molecular complexity index is 158. The summed E-state index contributed by atoms with van der Waals surface area (Å²) in [6, 6.07) is 0. The van der Waals surface area contributed by atoms with Crippen LogP contribution in [0.4, 0.5) is 0 Å². The molecule has 0 spiro atoms. The number of aliphatic hydroxyl groups is 1. The third-order valence-electron chi connectivity index (χ3n) is 1.62. The van der Waals surface area contributed by atoms with Gasteiger partial charge in [-0.25, -0.2) is 0 Å². The van der Waals surface area contributed by atoms with E-state index in [2.05, 4.69) is 19.8 Å². The van der Waals surface area contributed by atoms with E-state index in [9.17, 15) is 0 Å². The maximum atomic E-state index is 8.57. The Hall–Kier alpha value is -0.520. The van der Waals surface area contributed by atoms with Crippen LogP contribution in [0.5, 0.6) is 0 Å². The fourth-order valence-corrected chi connectivity index (χ4v) is 1.21. The number of hydrogen-bond donors (Lipinski definition) is 1. The van der Waals surface area contributed by atoms with E-state index < -0.39 is 5.60 Å². The fourth-order valence-electron chi connectivity index (χ4n) is 1.21. The molecule has 0 fully saturated rings. The minimum atomic E-state index is -0.517. The van der Waals surface area contributed by atoms with E-state index in [4.69, 9.17) is 16.3 Å².